The molecule has 0 saturated carbocycles. The molecular weight excluding hydrogens is 210 g/mol. The van der Waals surface area contributed by atoms with Crippen LogP contribution in [0.15, 0.2) is 24.3 Å². The van der Waals surface area contributed by atoms with Gasteiger partial charge < -0.3 is 10.0 Å². The molecule has 17 heavy (non-hydrogen) atoms. The van der Waals surface area contributed by atoms with Crippen LogP contribution in [0.2, 0.25) is 0 Å². The van der Waals surface area contributed by atoms with Crippen molar-refractivity contribution < 1.29 is 5.11 Å². The summed E-state index contributed by atoms with van der Waals surface area (Å²) in [5.74, 6) is 0. The molecule has 1 aromatic carbocycles. The van der Waals surface area contributed by atoms with E-state index in [4.69, 9.17) is 0 Å². The Labute approximate surface area is 104 Å². The molecular formula is C15H23NO. The van der Waals surface area contributed by atoms with Crippen molar-refractivity contribution in [2.24, 2.45) is 0 Å². The number of para-hydroxylation sites is 1. The SMILES string of the molecule is CCc1ccccc1N1CCC(O)CC1(C)C. The largest absolute Gasteiger partial charge is 0.393 e. The molecule has 1 unspecified atom stereocenters. The molecule has 0 aliphatic carbocycles. The van der Waals surface area contributed by atoms with E-state index in [2.05, 4.69) is 49.9 Å². The molecule has 1 heterocycles. The first-order valence-electron chi connectivity index (χ1n) is 6.58. The number of rotatable bonds is 2. The maximum Gasteiger partial charge on any atom is 0.0579 e. The van der Waals surface area contributed by atoms with Gasteiger partial charge in [-0.25, -0.2) is 0 Å². The van der Waals surface area contributed by atoms with Crippen LogP contribution < -0.4 is 4.90 Å². The average molecular weight is 233 g/mol. The van der Waals surface area contributed by atoms with Gasteiger partial charge in [-0.2, -0.15) is 0 Å². The molecule has 2 heteroatoms. The molecule has 1 atom stereocenters. The molecule has 1 fully saturated rings. The van der Waals surface area contributed by atoms with Crippen molar-refractivity contribution in [2.75, 3.05) is 11.4 Å². The maximum atomic E-state index is 9.81. The molecule has 1 aliphatic rings. The summed E-state index contributed by atoms with van der Waals surface area (Å²) >= 11 is 0. The van der Waals surface area contributed by atoms with E-state index in [9.17, 15) is 5.11 Å². The standard InChI is InChI=1S/C15H23NO/c1-4-12-7-5-6-8-14(12)16-10-9-13(17)11-15(16,2)3/h5-8,13,17H,4,9-11H2,1-3H3. The minimum atomic E-state index is -0.143. The van der Waals surface area contributed by atoms with Gasteiger partial charge >= 0.3 is 0 Å². The lowest BCUT2D eigenvalue weighted by molar-refractivity contribution is 0.107. The summed E-state index contributed by atoms with van der Waals surface area (Å²) in [6, 6.07) is 8.62. The van der Waals surface area contributed by atoms with Crippen LogP contribution in [0.5, 0.6) is 0 Å². The highest BCUT2D eigenvalue weighted by Crippen LogP contribution is 2.34. The molecule has 94 valence electrons. The smallest absolute Gasteiger partial charge is 0.0579 e. The van der Waals surface area contributed by atoms with Crippen molar-refractivity contribution >= 4 is 5.69 Å². The Kier molecular flexibility index (Phi) is 3.43. The Morgan fingerprint density at radius 1 is 1.35 bits per heavy atom. The van der Waals surface area contributed by atoms with Crippen LogP contribution in [0, 0.1) is 0 Å². The number of hydrogen-bond acceptors (Lipinski definition) is 2. The first-order chi connectivity index (χ1) is 8.04. The van der Waals surface area contributed by atoms with Gasteiger partial charge in [0.2, 0.25) is 0 Å². The van der Waals surface area contributed by atoms with E-state index in [1.807, 2.05) is 0 Å². The third kappa shape index (κ3) is 2.47. The number of nitrogens with zero attached hydrogens (tertiary/aromatic N) is 1. The molecule has 1 aromatic rings. The number of aliphatic hydroxyl groups is 1. The molecule has 1 aliphatic heterocycles. The topological polar surface area (TPSA) is 23.5 Å². The van der Waals surface area contributed by atoms with E-state index < -0.39 is 0 Å². The van der Waals surface area contributed by atoms with Crippen molar-refractivity contribution in [1.82, 2.24) is 0 Å². The first-order valence-corrected chi connectivity index (χ1v) is 6.58. The summed E-state index contributed by atoms with van der Waals surface area (Å²) in [6.45, 7) is 7.60. The summed E-state index contributed by atoms with van der Waals surface area (Å²) < 4.78 is 0. The summed E-state index contributed by atoms with van der Waals surface area (Å²) in [7, 11) is 0. The maximum absolute atomic E-state index is 9.81. The summed E-state index contributed by atoms with van der Waals surface area (Å²) in [5.41, 5.74) is 2.78. The van der Waals surface area contributed by atoms with E-state index in [0.29, 0.717) is 0 Å². The third-order valence-corrected chi connectivity index (χ3v) is 3.82. The molecule has 0 aromatic heterocycles. The zero-order chi connectivity index (χ0) is 12.5. The van der Waals surface area contributed by atoms with Crippen molar-refractivity contribution in [1.29, 1.82) is 0 Å². The number of aliphatic hydroxyl groups excluding tert-OH is 1. The van der Waals surface area contributed by atoms with Gasteiger partial charge in [-0.05, 0) is 44.7 Å². The second-order valence-corrected chi connectivity index (χ2v) is 5.59. The van der Waals surface area contributed by atoms with Gasteiger partial charge in [0, 0.05) is 17.8 Å². The van der Waals surface area contributed by atoms with Crippen LogP contribution in [0.1, 0.15) is 39.2 Å². The number of piperidine rings is 1. The highest BCUT2D eigenvalue weighted by atomic mass is 16.3. The molecule has 2 nitrogen and oxygen atoms in total. The van der Waals surface area contributed by atoms with Crippen molar-refractivity contribution in [2.45, 2.75) is 51.7 Å². The van der Waals surface area contributed by atoms with Gasteiger partial charge in [0.25, 0.3) is 0 Å². The van der Waals surface area contributed by atoms with Gasteiger partial charge in [-0.1, -0.05) is 25.1 Å². The molecule has 0 radical (unpaired) electrons. The van der Waals surface area contributed by atoms with Gasteiger partial charge in [0.15, 0.2) is 0 Å². The lowest BCUT2D eigenvalue weighted by Gasteiger charge is -2.46. The van der Waals surface area contributed by atoms with Gasteiger partial charge in [0.1, 0.15) is 0 Å². The van der Waals surface area contributed by atoms with Crippen molar-refractivity contribution in [3.05, 3.63) is 29.8 Å². The minimum absolute atomic E-state index is 0.0446. The fourth-order valence-corrected chi connectivity index (χ4v) is 2.89. The predicted molar refractivity (Wildman–Crippen MR) is 72.5 cm³/mol. The summed E-state index contributed by atoms with van der Waals surface area (Å²) in [6.07, 6.45) is 2.65. The van der Waals surface area contributed by atoms with E-state index in [0.717, 1.165) is 25.8 Å². The lowest BCUT2D eigenvalue weighted by Crippen LogP contribution is -2.52. The Morgan fingerprint density at radius 2 is 2.06 bits per heavy atom. The zero-order valence-electron chi connectivity index (χ0n) is 11.1. The quantitative estimate of drug-likeness (QED) is 0.849. The van der Waals surface area contributed by atoms with Crippen molar-refractivity contribution in [3.63, 3.8) is 0 Å². The number of hydrogen-bond donors (Lipinski definition) is 1. The van der Waals surface area contributed by atoms with Crippen LogP contribution in [-0.4, -0.2) is 23.3 Å². The third-order valence-electron chi connectivity index (χ3n) is 3.82. The molecule has 0 spiro atoms. The van der Waals surface area contributed by atoms with Crippen LogP contribution in [0.4, 0.5) is 5.69 Å². The Morgan fingerprint density at radius 3 is 2.71 bits per heavy atom. The number of benzene rings is 1. The zero-order valence-corrected chi connectivity index (χ0v) is 11.1. The monoisotopic (exact) mass is 233 g/mol. The van der Waals surface area contributed by atoms with E-state index >= 15 is 0 Å². The molecule has 2 rings (SSSR count). The fraction of sp³-hybridized carbons (Fsp3) is 0.600. The highest BCUT2D eigenvalue weighted by molar-refractivity contribution is 5.56. The van der Waals surface area contributed by atoms with Crippen LogP contribution >= 0.6 is 0 Å². The molecule has 1 saturated heterocycles. The summed E-state index contributed by atoms with van der Waals surface area (Å²) in [4.78, 5) is 2.46. The second-order valence-electron chi connectivity index (χ2n) is 5.59. The molecule has 0 bridgehead atoms. The van der Waals surface area contributed by atoms with Crippen LogP contribution in [-0.2, 0) is 6.42 Å². The summed E-state index contributed by atoms with van der Waals surface area (Å²) in [5, 5.41) is 9.81. The van der Waals surface area contributed by atoms with Gasteiger partial charge in [0.05, 0.1) is 6.10 Å². The van der Waals surface area contributed by atoms with E-state index in [1.165, 1.54) is 11.3 Å². The minimum Gasteiger partial charge on any atom is -0.393 e. The van der Waals surface area contributed by atoms with Gasteiger partial charge in [-0.3, -0.25) is 0 Å². The number of aryl methyl sites for hydroxylation is 1. The van der Waals surface area contributed by atoms with Crippen molar-refractivity contribution in [3.8, 4) is 0 Å². The Bertz CT molecular complexity index is 386. The Hall–Kier alpha value is -1.02. The molecule has 0 amide bonds. The first kappa shape index (κ1) is 12.4. The van der Waals surface area contributed by atoms with Crippen LogP contribution in [0.3, 0.4) is 0 Å². The number of anilines is 1. The van der Waals surface area contributed by atoms with Gasteiger partial charge in [-0.15, -0.1) is 0 Å². The van der Waals surface area contributed by atoms with Crippen LogP contribution in [0.25, 0.3) is 0 Å². The average Bonchev–Trinajstić information content (AvgIpc) is 2.28. The van der Waals surface area contributed by atoms with E-state index in [1.54, 1.807) is 0 Å². The predicted octanol–water partition coefficient (Wildman–Crippen LogP) is 2.99. The van der Waals surface area contributed by atoms with E-state index in [-0.39, 0.29) is 11.6 Å². The molecule has 1 N–H and O–H groups in total. The normalized spacial score (nSPS) is 23.8. The lowest BCUT2D eigenvalue weighted by atomic mass is 9.87. The highest BCUT2D eigenvalue weighted by Gasteiger charge is 2.34. The Balaban J connectivity index is 2.32. The second kappa shape index (κ2) is 4.69. The fourth-order valence-electron chi connectivity index (χ4n) is 2.89.